The van der Waals surface area contributed by atoms with Crippen LogP contribution >= 0.6 is 12.4 Å². The van der Waals surface area contributed by atoms with E-state index in [1.807, 2.05) is 16.7 Å². The van der Waals surface area contributed by atoms with E-state index in [9.17, 15) is 4.79 Å². The van der Waals surface area contributed by atoms with Crippen molar-refractivity contribution in [3.05, 3.63) is 23.7 Å². The Morgan fingerprint density at radius 1 is 1.39 bits per heavy atom. The van der Waals surface area contributed by atoms with Crippen LogP contribution in [0.5, 0.6) is 0 Å². The van der Waals surface area contributed by atoms with E-state index < -0.39 is 5.54 Å². The number of nitrogens with zero attached hydrogens (tertiary/aromatic N) is 2. The number of carbonyl (C=O) groups excluding carboxylic acids is 1. The number of hydrogen-bond acceptors (Lipinski definition) is 5. The van der Waals surface area contributed by atoms with Crippen LogP contribution in [-0.4, -0.2) is 60.3 Å². The van der Waals surface area contributed by atoms with Crippen LogP contribution in [0.4, 0.5) is 5.82 Å². The lowest BCUT2D eigenvalue weighted by atomic mass is 9.92. The number of ether oxygens (including phenoxy) is 1. The second kappa shape index (κ2) is 10.3. The van der Waals surface area contributed by atoms with Gasteiger partial charge in [0, 0.05) is 39.4 Å². The lowest BCUT2D eigenvalue weighted by Crippen LogP contribution is -2.56. The van der Waals surface area contributed by atoms with Gasteiger partial charge < -0.3 is 24.8 Å². The quantitative estimate of drug-likeness (QED) is 0.571. The molecule has 3 rings (SSSR count). The van der Waals surface area contributed by atoms with Crippen molar-refractivity contribution in [1.82, 2.24) is 14.8 Å². The Hall–Kier alpha value is -1.57. The van der Waals surface area contributed by atoms with Crippen molar-refractivity contribution in [2.24, 2.45) is 0 Å². The maximum Gasteiger partial charge on any atom is 0.247 e. The van der Waals surface area contributed by atoms with Gasteiger partial charge in [-0.2, -0.15) is 0 Å². The summed E-state index contributed by atoms with van der Waals surface area (Å²) >= 11 is 0. The molecule has 0 bridgehead atoms. The van der Waals surface area contributed by atoms with Gasteiger partial charge in [0.2, 0.25) is 5.91 Å². The molecule has 1 saturated heterocycles. The van der Waals surface area contributed by atoms with E-state index in [0.717, 1.165) is 64.2 Å². The highest BCUT2D eigenvalue weighted by atomic mass is 35.5. The third-order valence-corrected chi connectivity index (χ3v) is 5.74. The van der Waals surface area contributed by atoms with Crippen LogP contribution in [0.15, 0.2) is 18.2 Å². The molecule has 0 spiro atoms. The van der Waals surface area contributed by atoms with E-state index in [-0.39, 0.29) is 24.4 Å². The van der Waals surface area contributed by atoms with Gasteiger partial charge in [0.25, 0.3) is 0 Å². The van der Waals surface area contributed by atoms with Crippen molar-refractivity contribution in [2.75, 3.05) is 38.7 Å². The van der Waals surface area contributed by atoms with Crippen LogP contribution in [0.1, 0.15) is 39.0 Å². The summed E-state index contributed by atoms with van der Waals surface area (Å²) in [6.07, 6.45) is 4.72. The third-order valence-electron chi connectivity index (χ3n) is 5.74. The molecule has 2 aliphatic rings. The van der Waals surface area contributed by atoms with Crippen molar-refractivity contribution in [3.8, 4) is 0 Å². The minimum atomic E-state index is -0.644. The van der Waals surface area contributed by atoms with Gasteiger partial charge in [-0.25, -0.2) is 0 Å². The van der Waals surface area contributed by atoms with E-state index in [0.29, 0.717) is 12.0 Å². The molecule has 1 amide bonds. The lowest BCUT2D eigenvalue weighted by molar-refractivity contribution is -0.127. The van der Waals surface area contributed by atoms with Crippen molar-refractivity contribution >= 4 is 24.1 Å². The first-order chi connectivity index (χ1) is 13.1. The Morgan fingerprint density at radius 2 is 2.14 bits per heavy atom. The number of amides is 1. The largest absolute Gasteiger partial charge is 0.385 e. The molecule has 1 aromatic heterocycles. The first-order valence-corrected chi connectivity index (χ1v) is 10.1. The van der Waals surface area contributed by atoms with Crippen LogP contribution in [0.25, 0.3) is 0 Å². The number of fused-ring (bicyclic) bond motifs is 1. The number of methoxy groups -OCH3 is 1. The van der Waals surface area contributed by atoms with Gasteiger partial charge in [-0.3, -0.25) is 10.2 Å². The predicted octanol–water partition coefficient (Wildman–Crippen LogP) is 1.97. The molecular formula is C20H34ClN5O2. The molecule has 2 aliphatic heterocycles. The van der Waals surface area contributed by atoms with Crippen LogP contribution in [0.2, 0.25) is 0 Å². The molecule has 0 aliphatic carbocycles. The zero-order chi connectivity index (χ0) is 19.3. The minimum Gasteiger partial charge on any atom is -0.385 e. The number of halogens is 1. The summed E-state index contributed by atoms with van der Waals surface area (Å²) in [7, 11) is 1.74. The second-order valence-corrected chi connectivity index (χ2v) is 7.78. The van der Waals surface area contributed by atoms with Crippen molar-refractivity contribution in [2.45, 2.75) is 57.2 Å². The summed E-state index contributed by atoms with van der Waals surface area (Å²) in [6.45, 7) is 6.54. The van der Waals surface area contributed by atoms with Gasteiger partial charge >= 0.3 is 0 Å². The predicted molar refractivity (Wildman–Crippen MR) is 113 cm³/mol. The molecule has 8 heteroatoms. The number of rotatable bonds is 8. The fraction of sp³-hybridized carbons (Fsp3) is 0.700. The van der Waals surface area contributed by atoms with E-state index >= 15 is 0 Å². The molecule has 1 aromatic rings. The molecule has 0 radical (unpaired) electrons. The molecular weight excluding hydrogens is 378 g/mol. The number of likely N-dealkylation sites (tertiary alicyclic amines) is 1. The summed E-state index contributed by atoms with van der Waals surface area (Å²) in [5, 5.41) is 14.9. The van der Waals surface area contributed by atoms with Crippen LogP contribution in [-0.2, 0) is 16.1 Å². The first kappa shape index (κ1) is 22.7. The summed E-state index contributed by atoms with van der Waals surface area (Å²) in [5.41, 5.74) is -0.204. The zero-order valence-corrected chi connectivity index (χ0v) is 17.8. The molecule has 1 unspecified atom stereocenters. The highest BCUT2D eigenvalue weighted by Gasteiger charge is 2.43. The van der Waals surface area contributed by atoms with Gasteiger partial charge in [0.1, 0.15) is 16.8 Å². The standard InChI is InChI=1S/C20H33N5O2.ClH/c1-3-10-20(15-25-17(21)6-4-7-18(25)23-20)19(26)22-16-8-12-24(13-9-16)11-5-14-27-2;/h4,6-7,16,21,23H,3,5,8-15H2,1-2H3,(H,22,26);1H. The highest BCUT2D eigenvalue weighted by molar-refractivity contribution is 5.90. The van der Waals surface area contributed by atoms with E-state index in [1.54, 1.807) is 13.2 Å². The summed E-state index contributed by atoms with van der Waals surface area (Å²) in [6, 6.07) is 5.81. The SMILES string of the molecule is CCCC1(C(=O)NC2CCN(CCCOC)CC2)Cn2c(cccc2=N)N1.Cl. The van der Waals surface area contributed by atoms with E-state index in [1.165, 1.54) is 0 Å². The number of nitrogens with one attached hydrogen (secondary N) is 3. The lowest BCUT2D eigenvalue weighted by Gasteiger charge is -2.35. The number of carbonyl (C=O) groups is 1. The third kappa shape index (κ3) is 5.07. The molecule has 1 atom stereocenters. The average Bonchev–Trinajstić information content (AvgIpc) is 3.05. The molecule has 158 valence electrons. The van der Waals surface area contributed by atoms with E-state index in [4.69, 9.17) is 10.1 Å². The maximum atomic E-state index is 13.2. The Balaban J connectivity index is 0.00000280. The van der Waals surface area contributed by atoms with Crippen LogP contribution < -0.4 is 16.1 Å². The van der Waals surface area contributed by atoms with Gasteiger partial charge in [-0.05, 0) is 37.8 Å². The Labute approximate surface area is 173 Å². The zero-order valence-electron chi connectivity index (χ0n) is 17.0. The molecule has 3 N–H and O–H groups in total. The second-order valence-electron chi connectivity index (χ2n) is 7.78. The molecule has 1 fully saturated rings. The topological polar surface area (TPSA) is 82.4 Å². The number of piperidine rings is 1. The number of pyridine rings is 1. The van der Waals surface area contributed by atoms with Gasteiger partial charge in [-0.15, -0.1) is 12.4 Å². The van der Waals surface area contributed by atoms with Gasteiger partial charge in [0.15, 0.2) is 0 Å². The molecule has 3 heterocycles. The first-order valence-electron chi connectivity index (χ1n) is 10.1. The summed E-state index contributed by atoms with van der Waals surface area (Å²) in [4.78, 5) is 15.7. The molecule has 7 nitrogen and oxygen atoms in total. The van der Waals surface area contributed by atoms with E-state index in [2.05, 4.69) is 22.5 Å². The molecule has 0 aromatic carbocycles. The smallest absolute Gasteiger partial charge is 0.247 e. The fourth-order valence-electron chi connectivity index (χ4n) is 4.24. The van der Waals surface area contributed by atoms with Crippen molar-refractivity contribution in [3.63, 3.8) is 0 Å². The fourth-order valence-corrected chi connectivity index (χ4v) is 4.24. The highest BCUT2D eigenvalue weighted by Crippen LogP contribution is 2.29. The van der Waals surface area contributed by atoms with Crippen LogP contribution in [0, 0.1) is 5.41 Å². The molecule has 28 heavy (non-hydrogen) atoms. The number of hydrogen-bond donors (Lipinski definition) is 3. The monoisotopic (exact) mass is 411 g/mol. The minimum absolute atomic E-state index is 0. The Morgan fingerprint density at radius 3 is 2.79 bits per heavy atom. The summed E-state index contributed by atoms with van der Waals surface area (Å²) < 4.78 is 7.02. The van der Waals surface area contributed by atoms with Gasteiger partial charge in [0.05, 0.1) is 6.54 Å². The summed E-state index contributed by atoms with van der Waals surface area (Å²) in [5.74, 6) is 0.935. The van der Waals surface area contributed by atoms with Gasteiger partial charge in [-0.1, -0.05) is 19.4 Å². The molecule has 0 saturated carbocycles. The average molecular weight is 412 g/mol. The maximum absolute atomic E-state index is 13.2. The number of anilines is 1. The van der Waals surface area contributed by atoms with Crippen LogP contribution in [0.3, 0.4) is 0 Å². The Bertz CT molecular complexity index is 702. The normalized spacial score (nSPS) is 22.2. The van der Waals surface area contributed by atoms with Crippen molar-refractivity contribution < 1.29 is 9.53 Å². The van der Waals surface area contributed by atoms with Crippen molar-refractivity contribution in [1.29, 1.82) is 5.41 Å². The Kier molecular flexibility index (Phi) is 8.34. The number of aromatic nitrogens is 1.